The molecule has 0 atom stereocenters. The van der Waals surface area contributed by atoms with Gasteiger partial charge < -0.3 is 5.73 Å². The molecule has 0 unspecified atom stereocenters. The van der Waals surface area contributed by atoms with E-state index in [9.17, 15) is 0 Å². The summed E-state index contributed by atoms with van der Waals surface area (Å²) in [5.41, 5.74) is 8.59. The minimum absolute atomic E-state index is 0.390. The molecule has 16 heavy (non-hydrogen) atoms. The fraction of sp³-hybridized carbons (Fsp3) is 0.200. The molecule has 80 valence electrons. The molecule has 1 fully saturated rings. The van der Waals surface area contributed by atoms with Crippen molar-refractivity contribution >= 4 is 16.8 Å². The highest BCUT2D eigenvalue weighted by molar-refractivity contribution is 5.90. The van der Waals surface area contributed by atoms with E-state index in [2.05, 4.69) is 48.5 Å². The molecule has 0 aromatic heterocycles. The molecule has 2 N–H and O–H groups in total. The highest BCUT2D eigenvalue weighted by atomic mass is 14.7. The molecule has 0 heterocycles. The molecule has 2 aromatic carbocycles. The Hall–Kier alpha value is -1.60. The molecular weight excluding hydrogens is 194 g/mol. The van der Waals surface area contributed by atoms with Crippen LogP contribution in [0.5, 0.6) is 0 Å². The second-order valence-electron chi connectivity index (χ2n) is 4.54. The van der Waals surface area contributed by atoms with Crippen molar-refractivity contribution < 1.29 is 0 Å². The first kappa shape index (κ1) is 9.61. The summed E-state index contributed by atoms with van der Waals surface area (Å²) in [6.07, 6.45) is 4.41. The molecular formula is C15H15N. The molecule has 0 aliphatic heterocycles. The monoisotopic (exact) mass is 209 g/mol. The molecule has 1 nitrogen and oxygen atoms in total. The van der Waals surface area contributed by atoms with Gasteiger partial charge in [-0.1, -0.05) is 54.1 Å². The topological polar surface area (TPSA) is 26.0 Å². The lowest BCUT2D eigenvalue weighted by molar-refractivity contribution is 0.547. The molecule has 1 heteroatoms. The summed E-state index contributed by atoms with van der Waals surface area (Å²) >= 11 is 0. The van der Waals surface area contributed by atoms with Crippen molar-refractivity contribution in [1.82, 2.24) is 0 Å². The van der Waals surface area contributed by atoms with Crippen molar-refractivity contribution in [1.29, 1.82) is 0 Å². The van der Waals surface area contributed by atoms with Gasteiger partial charge >= 0.3 is 0 Å². The average Bonchev–Trinajstić information content (AvgIpc) is 2.27. The zero-order valence-electron chi connectivity index (χ0n) is 9.19. The summed E-state index contributed by atoms with van der Waals surface area (Å²) in [6.45, 7) is 0. The van der Waals surface area contributed by atoms with E-state index >= 15 is 0 Å². The Morgan fingerprint density at radius 3 is 2.56 bits per heavy atom. The van der Waals surface area contributed by atoms with Gasteiger partial charge in [0, 0.05) is 6.04 Å². The van der Waals surface area contributed by atoms with E-state index in [0.29, 0.717) is 6.04 Å². The largest absolute Gasteiger partial charge is 0.327 e. The van der Waals surface area contributed by atoms with Crippen LogP contribution < -0.4 is 5.73 Å². The van der Waals surface area contributed by atoms with Crippen LogP contribution in [0, 0.1) is 0 Å². The maximum Gasteiger partial charge on any atom is 0.0114 e. The summed E-state index contributed by atoms with van der Waals surface area (Å²) in [4.78, 5) is 0. The van der Waals surface area contributed by atoms with Gasteiger partial charge in [-0.3, -0.25) is 0 Å². The lowest BCUT2D eigenvalue weighted by Gasteiger charge is -2.25. The van der Waals surface area contributed by atoms with Crippen LogP contribution in [0.4, 0.5) is 0 Å². The summed E-state index contributed by atoms with van der Waals surface area (Å²) in [5, 5.41) is 2.64. The first-order valence-corrected chi connectivity index (χ1v) is 5.76. The third-order valence-electron chi connectivity index (χ3n) is 3.23. The maximum absolute atomic E-state index is 5.79. The Morgan fingerprint density at radius 1 is 1.00 bits per heavy atom. The number of hydrogen-bond acceptors (Lipinski definition) is 1. The van der Waals surface area contributed by atoms with Crippen LogP contribution in [0.1, 0.15) is 18.4 Å². The fourth-order valence-electron chi connectivity index (χ4n) is 2.33. The SMILES string of the molecule is NC1CC(=Cc2cccc3ccccc23)C1. The Morgan fingerprint density at radius 2 is 1.75 bits per heavy atom. The molecule has 1 aliphatic carbocycles. The van der Waals surface area contributed by atoms with Gasteiger partial charge in [0.15, 0.2) is 0 Å². The zero-order chi connectivity index (χ0) is 11.0. The quantitative estimate of drug-likeness (QED) is 0.765. The zero-order valence-corrected chi connectivity index (χ0v) is 9.19. The van der Waals surface area contributed by atoms with E-state index in [4.69, 9.17) is 5.73 Å². The predicted octanol–water partition coefficient (Wildman–Crippen LogP) is 3.34. The van der Waals surface area contributed by atoms with Crippen LogP contribution in [0.2, 0.25) is 0 Å². The third kappa shape index (κ3) is 1.63. The number of nitrogens with two attached hydrogens (primary N) is 1. The second kappa shape index (κ2) is 3.76. The Bertz CT molecular complexity index is 541. The van der Waals surface area contributed by atoms with Gasteiger partial charge in [-0.2, -0.15) is 0 Å². The van der Waals surface area contributed by atoms with Crippen LogP contribution in [0.3, 0.4) is 0 Å². The van der Waals surface area contributed by atoms with Gasteiger partial charge in [-0.05, 0) is 29.2 Å². The van der Waals surface area contributed by atoms with Crippen molar-refractivity contribution in [2.24, 2.45) is 5.73 Å². The van der Waals surface area contributed by atoms with E-state index in [-0.39, 0.29) is 0 Å². The minimum atomic E-state index is 0.390. The molecule has 1 saturated carbocycles. The van der Waals surface area contributed by atoms with Crippen molar-refractivity contribution in [3.63, 3.8) is 0 Å². The van der Waals surface area contributed by atoms with Crippen LogP contribution >= 0.6 is 0 Å². The van der Waals surface area contributed by atoms with Crippen LogP contribution in [0.15, 0.2) is 48.0 Å². The Kier molecular flexibility index (Phi) is 2.26. The first-order valence-electron chi connectivity index (χ1n) is 5.76. The highest BCUT2D eigenvalue weighted by Crippen LogP contribution is 2.29. The van der Waals surface area contributed by atoms with Crippen molar-refractivity contribution in [2.45, 2.75) is 18.9 Å². The van der Waals surface area contributed by atoms with Gasteiger partial charge in [-0.25, -0.2) is 0 Å². The molecule has 1 aliphatic rings. The van der Waals surface area contributed by atoms with E-state index < -0.39 is 0 Å². The van der Waals surface area contributed by atoms with Gasteiger partial charge in [0.2, 0.25) is 0 Å². The van der Waals surface area contributed by atoms with Crippen molar-refractivity contribution in [3.8, 4) is 0 Å². The van der Waals surface area contributed by atoms with E-state index in [1.165, 1.54) is 21.9 Å². The van der Waals surface area contributed by atoms with E-state index in [1.54, 1.807) is 0 Å². The highest BCUT2D eigenvalue weighted by Gasteiger charge is 2.18. The standard InChI is InChI=1S/C15H15N/c16-14-9-11(10-14)8-13-6-3-5-12-4-1-2-7-15(12)13/h1-8,14H,9-10,16H2. The lowest BCUT2D eigenvalue weighted by Crippen LogP contribution is -2.29. The normalized spacial score (nSPS) is 19.6. The summed E-state index contributed by atoms with van der Waals surface area (Å²) in [7, 11) is 0. The number of hydrogen-bond donors (Lipinski definition) is 1. The van der Waals surface area contributed by atoms with Crippen LogP contribution in [-0.4, -0.2) is 6.04 Å². The fourth-order valence-corrected chi connectivity index (χ4v) is 2.33. The molecule has 3 rings (SSSR count). The van der Waals surface area contributed by atoms with Gasteiger partial charge in [-0.15, -0.1) is 0 Å². The van der Waals surface area contributed by atoms with Gasteiger partial charge in [0.1, 0.15) is 0 Å². The smallest absolute Gasteiger partial charge is 0.0114 e. The number of fused-ring (bicyclic) bond motifs is 1. The summed E-state index contributed by atoms with van der Waals surface area (Å²) in [5.74, 6) is 0. The van der Waals surface area contributed by atoms with Crippen molar-refractivity contribution in [2.75, 3.05) is 0 Å². The maximum atomic E-state index is 5.79. The molecule has 2 aromatic rings. The average molecular weight is 209 g/mol. The van der Waals surface area contributed by atoms with Crippen molar-refractivity contribution in [3.05, 3.63) is 53.6 Å². The van der Waals surface area contributed by atoms with E-state index in [0.717, 1.165) is 12.8 Å². The molecule has 0 spiro atoms. The van der Waals surface area contributed by atoms with Gasteiger partial charge in [0.25, 0.3) is 0 Å². The Labute approximate surface area is 95.6 Å². The molecule has 0 radical (unpaired) electrons. The minimum Gasteiger partial charge on any atom is -0.327 e. The molecule has 0 bridgehead atoms. The van der Waals surface area contributed by atoms with Crippen LogP contribution in [-0.2, 0) is 0 Å². The van der Waals surface area contributed by atoms with Crippen LogP contribution in [0.25, 0.3) is 16.8 Å². The second-order valence-corrected chi connectivity index (χ2v) is 4.54. The number of rotatable bonds is 1. The Balaban J connectivity index is 2.07. The predicted molar refractivity (Wildman–Crippen MR) is 69.1 cm³/mol. The molecule has 0 saturated heterocycles. The third-order valence-corrected chi connectivity index (χ3v) is 3.23. The number of benzene rings is 2. The summed E-state index contributed by atoms with van der Waals surface area (Å²) < 4.78 is 0. The first-order chi connectivity index (χ1) is 7.83. The summed E-state index contributed by atoms with van der Waals surface area (Å²) in [6, 6.07) is 15.4. The molecule has 0 amide bonds. The lowest BCUT2D eigenvalue weighted by atomic mass is 9.85. The van der Waals surface area contributed by atoms with Gasteiger partial charge in [0.05, 0.1) is 0 Å². The van der Waals surface area contributed by atoms with E-state index in [1.807, 2.05) is 0 Å².